The number of nitrogens with one attached hydrogen (secondary N) is 1. The van der Waals surface area contributed by atoms with Crippen LogP contribution in [0.3, 0.4) is 0 Å². The SMILES string of the molecule is COC(=O)CC(NC(=O)CCc1ncc(-c2ccc(Cl)cc2Cl)o1)c1ccc(Cl)cc1. The maximum atomic E-state index is 12.5. The molecule has 0 aliphatic heterocycles. The van der Waals surface area contributed by atoms with Crippen molar-refractivity contribution in [1.29, 1.82) is 0 Å². The maximum absolute atomic E-state index is 12.5. The average Bonchev–Trinajstić information content (AvgIpc) is 3.21. The van der Waals surface area contributed by atoms with Gasteiger partial charge in [-0.3, -0.25) is 9.59 Å². The van der Waals surface area contributed by atoms with Crippen LogP contribution in [0.1, 0.15) is 30.3 Å². The van der Waals surface area contributed by atoms with Crippen molar-refractivity contribution >= 4 is 46.7 Å². The number of rotatable bonds is 8. The molecule has 1 heterocycles. The van der Waals surface area contributed by atoms with Crippen molar-refractivity contribution in [3.8, 4) is 11.3 Å². The maximum Gasteiger partial charge on any atom is 0.307 e. The number of nitrogens with zero attached hydrogens (tertiary/aromatic N) is 1. The highest BCUT2D eigenvalue weighted by molar-refractivity contribution is 6.36. The van der Waals surface area contributed by atoms with Crippen molar-refractivity contribution < 1.29 is 18.7 Å². The van der Waals surface area contributed by atoms with Gasteiger partial charge in [-0.05, 0) is 35.9 Å². The normalized spacial score (nSPS) is 11.7. The van der Waals surface area contributed by atoms with Crippen LogP contribution in [0.2, 0.25) is 15.1 Å². The molecule has 1 N–H and O–H groups in total. The second-order valence-electron chi connectivity index (χ2n) is 6.69. The van der Waals surface area contributed by atoms with Crippen LogP contribution in [0.25, 0.3) is 11.3 Å². The number of esters is 1. The van der Waals surface area contributed by atoms with Crippen molar-refractivity contribution in [3.63, 3.8) is 0 Å². The van der Waals surface area contributed by atoms with Gasteiger partial charge in [0.25, 0.3) is 0 Å². The van der Waals surface area contributed by atoms with E-state index in [0.29, 0.717) is 32.3 Å². The van der Waals surface area contributed by atoms with E-state index in [4.69, 9.17) is 44.0 Å². The first kappa shape index (κ1) is 23.1. The summed E-state index contributed by atoms with van der Waals surface area (Å²) in [5, 5.41) is 4.38. The van der Waals surface area contributed by atoms with Gasteiger partial charge in [-0.25, -0.2) is 4.98 Å². The van der Waals surface area contributed by atoms with Crippen molar-refractivity contribution in [1.82, 2.24) is 10.3 Å². The molecule has 9 heteroatoms. The molecule has 1 aromatic heterocycles. The first-order chi connectivity index (χ1) is 14.9. The van der Waals surface area contributed by atoms with E-state index >= 15 is 0 Å². The fourth-order valence-corrected chi connectivity index (χ4v) is 3.55. The molecular weight excluding hydrogens is 463 g/mol. The number of hydrogen-bond acceptors (Lipinski definition) is 5. The largest absolute Gasteiger partial charge is 0.469 e. The summed E-state index contributed by atoms with van der Waals surface area (Å²) < 4.78 is 10.5. The van der Waals surface area contributed by atoms with E-state index in [1.807, 2.05) is 0 Å². The van der Waals surface area contributed by atoms with Gasteiger partial charge in [-0.2, -0.15) is 0 Å². The topological polar surface area (TPSA) is 81.4 Å². The summed E-state index contributed by atoms with van der Waals surface area (Å²) in [7, 11) is 1.30. The lowest BCUT2D eigenvalue weighted by Gasteiger charge is -2.18. The van der Waals surface area contributed by atoms with Gasteiger partial charge in [0, 0.05) is 28.5 Å². The van der Waals surface area contributed by atoms with Crippen LogP contribution in [0.5, 0.6) is 0 Å². The van der Waals surface area contributed by atoms with Gasteiger partial charge in [0.15, 0.2) is 11.7 Å². The van der Waals surface area contributed by atoms with E-state index in [2.05, 4.69) is 10.3 Å². The third kappa shape index (κ3) is 6.47. The van der Waals surface area contributed by atoms with Gasteiger partial charge in [-0.1, -0.05) is 46.9 Å². The predicted molar refractivity (Wildman–Crippen MR) is 119 cm³/mol. The number of amides is 1. The van der Waals surface area contributed by atoms with E-state index in [9.17, 15) is 9.59 Å². The van der Waals surface area contributed by atoms with Gasteiger partial charge in [0.1, 0.15) is 0 Å². The van der Waals surface area contributed by atoms with Gasteiger partial charge >= 0.3 is 5.97 Å². The number of carbonyl (C=O) groups excluding carboxylic acids is 2. The van der Waals surface area contributed by atoms with Crippen molar-refractivity contribution in [3.05, 3.63) is 75.2 Å². The van der Waals surface area contributed by atoms with Crippen LogP contribution in [0, 0.1) is 0 Å². The van der Waals surface area contributed by atoms with Crippen molar-refractivity contribution in [2.24, 2.45) is 0 Å². The van der Waals surface area contributed by atoms with Crippen molar-refractivity contribution in [2.75, 3.05) is 7.11 Å². The van der Waals surface area contributed by atoms with E-state index in [-0.39, 0.29) is 25.2 Å². The molecule has 2 aromatic carbocycles. The van der Waals surface area contributed by atoms with Crippen LogP contribution in [-0.2, 0) is 20.7 Å². The Morgan fingerprint density at radius 1 is 1.10 bits per heavy atom. The van der Waals surface area contributed by atoms with Gasteiger partial charge in [0.2, 0.25) is 5.91 Å². The first-order valence-electron chi connectivity index (χ1n) is 9.37. The lowest BCUT2D eigenvalue weighted by Crippen LogP contribution is -2.30. The molecule has 3 rings (SSSR count). The van der Waals surface area contributed by atoms with Gasteiger partial charge in [-0.15, -0.1) is 0 Å². The molecule has 1 amide bonds. The molecule has 1 atom stereocenters. The Bertz CT molecular complexity index is 1070. The molecular formula is C22H19Cl3N2O4. The van der Waals surface area contributed by atoms with Crippen LogP contribution >= 0.6 is 34.8 Å². The third-order valence-electron chi connectivity index (χ3n) is 4.52. The molecule has 3 aromatic rings. The molecule has 162 valence electrons. The molecule has 31 heavy (non-hydrogen) atoms. The smallest absolute Gasteiger partial charge is 0.307 e. The van der Waals surface area contributed by atoms with E-state index in [1.54, 1.807) is 48.7 Å². The summed E-state index contributed by atoms with van der Waals surface area (Å²) in [6.07, 6.45) is 1.96. The highest BCUT2D eigenvalue weighted by Crippen LogP contribution is 2.31. The molecule has 0 spiro atoms. The van der Waals surface area contributed by atoms with E-state index in [1.165, 1.54) is 7.11 Å². The molecule has 6 nitrogen and oxygen atoms in total. The fraction of sp³-hybridized carbons (Fsp3) is 0.227. The number of benzene rings is 2. The summed E-state index contributed by atoms with van der Waals surface area (Å²) in [5.74, 6) is 0.194. The number of aryl methyl sites for hydroxylation is 1. The Balaban J connectivity index is 1.63. The van der Waals surface area contributed by atoms with E-state index < -0.39 is 12.0 Å². The molecule has 0 aliphatic carbocycles. The molecule has 0 saturated heterocycles. The minimum atomic E-state index is -0.537. The molecule has 0 saturated carbocycles. The number of methoxy groups -OCH3 is 1. The predicted octanol–water partition coefficient (Wildman–Crippen LogP) is 5.66. The fourth-order valence-electron chi connectivity index (χ4n) is 2.92. The highest BCUT2D eigenvalue weighted by atomic mass is 35.5. The Morgan fingerprint density at radius 2 is 1.81 bits per heavy atom. The van der Waals surface area contributed by atoms with Crippen LogP contribution in [0.4, 0.5) is 0 Å². The van der Waals surface area contributed by atoms with Gasteiger partial charge < -0.3 is 14.5 Å². The van der Waals surface area contributed by atoms with Crippen LogP contribution in [-0.4, -0.2) is 24.0 Å². The Hall–Kier alpha value is -2.54. The summed E-state index contributed by atoms with van der Waals surface area (Å²) in [6.45, 7) is 0. The van der Waals surface area contributed by atoms with Crippen LogP contribution < -0.4 is 5.32 Å². The third-order valence-corrected chi connectivity index (χ3v) is 5.32. The molecule has 0 fully saturated rings. The minimum absolute atomic E-state index is 0.00207. The summed E-state index contributed by atoms with van der Waals surface area (Å²) in [6, 6.07) is 11.4. The number of halogens is 3. The number of hydrogen-bond donors (Lipinski definition) is 1. The second kappa shape index (κ2) is 10.7. The Kier molecular flexibility index (Phi) is 7.96. The second-order valence-corrected chi connectivity index (χ2v) is 7.97. The number of carbonyl (C=O) groups is 2. The number of ether oxygens (including phenoxy) is 1. The number of aromatic nitrogens is 1. The Morgan fingerprint density at radius 3 is 2.48 bits per heavy atom. The van der Waals surface area contributed by atoms with Crippen molar-refractivity contribution in [2.45, 2.75) is 25.3 Å². The zero-order valence-electron chi connectivity index (χ0n) is 16.5. The lowest BCUT2D eigenvalue weighted by atomic mass is 10.0. The molecule has 0 aliphatic rings. The molecule has 1 unspecified atom stereocenters. The monoisotopic (exact) mass is 480 g/mol. The van der Waals surface area contributed by atoms with E-state index in [0.717, 1.165) is 5.56 Å². The minimum Gasteiger partial charge on any atom is -0.469 e. The standard InChI is InChI=1S/C22H19Cl3N2O4/c1-30-22(29)11-18(13-2-4-14(23)5-3-13)27-20(28)8-9-21-26-12-19(31-21)16-7-6-15(24)10-17(16)25/h2-7,10,12,18H,8-9,11H2,1H3,(H,27,28). The quantitative estimate of drug-likeness (QED) is 0.420. The Labute approximate surface area is 194 Å². The van der Waals surface area contributed by atoms with Crippen LogP contribution in [0.15, 0.2) is 53.1 Å². The number of oxazole rings is 1. The zero-order valence-corrected chi connectivity index (χ0v) is 18.8. The summed E-state index contributed by atoms with van der Waals surface area (Å²) in [5.41, 5.74) is 1.41. The zero-order chi connectivity index (χ0) is 22.4. The molecule has 0 radical (unpaired) electrons. The average molecular weight is 482 g/mol. The first-order valence-corrected chi connectivity index (χ1v) is 10.5. The highest BCUT2D eigenvalue weighted by Gasteiger charge is 2.19. The lowest BCUT2D eigenvalue weighted by molar-refractivity contribution is -0.141. The molecule has 0 bridgehead atoms. The summed E-state index contributed by atoms with van der Waals surface area (Å²) >= 11 is 18.0. The summed E-state index contributed by atoms with van der Waals surface area (Å²) in [4.78, 5) is 28.5. The van der Waals surface area contributed by atoms with Gasteiger partial charge in [0.05, 0.1) is 30.8 Å².